The SMILES string of the molecule is CCCCNC(=O)CN1C(=O)CC(P)C1=O. The molecule has 2 atom stereocenters. The summed E-state index contributed by atoms with van der Waals surface area (Å²) in [6, 6.07) is 0. The summed E-state index contributed by atoms with van der Waals surface area (Å²) < 4.78 is 0. The molecule has 5 nitrogen and oxygen atoms in total. The molecule has 1 aliphatic rings. The molecule has 1 fully saturated rings. The van der Waals surface area contributed by atoms with Gasteiger partial charge in [0.05, 0.1) is 5.66 Å². The van der Waals surface area contributed by atoms with Gasteiger partial charge < -0.3 is 5.32 Å². The molecule has 0 aliphatic carbocycles. The number of unbranched alkanes of at least 4 members (excludes halogenated alkanes) is 1. The number of amides is 3. The lowest BCUT2D eigenvalue weighted by atomic mass is 10.3. The van der Waals surface area contributed by atoms with E-state index < -0.39 is 0 Å². The third-order valence-electron chi connectivity index (χ3n) is 2.43. The van der Waals surface area contributed by atoms with Gasteiger partial charge in [-0.25, -0.2) is 0 Å². The van der Waals surface area contributed by atoms with Crippen LogP contribution in [0.1, 0.15) is 26.2 Å². The molecule has 0 saturated carbocycles. The number of nitrogens with zero attached hydrogens (tertiary/aromatic N) is 1. The van der Waals surface area contributed by atoms with Gasteiger partial charge >= 0.3 is 0 Å². The predicted octanol–water partition coefficient (Wildman–Crippen LogP) is -0.0947. The number of imide groups is 1. The van der Waals surface area contributed by atoms with Crippen molar-refractivity contribution in [3.63, 3.8) is 0 Å². The second-order valence-electron chi connectivity index (χ2n) is 3.83. The van der Waals surface area contributed by atoms with Crippen molar-refractivity contribution in [2.24, 2.45) is 0 Å². The van der Waals surface area contributed by atoms with Gasteiger partial charge in [0.25, 0.3) is 0 Å². The Hall–Kier alpha value is -0.960. The Bertz CT molecular complexity index is 306. The quantitative estimate of drug-likeness (QED) is 0.417. The molecule has 0 bridgehead atoms. The van der Waals surface area contributed by atoms with Crippen molar-refractivity contribution in [3.8, 4) is 0 Å². The van der Waals surface area contributed by atoms with E-state index in [0.717, 1.165) is 17.7 Å². The van der Waals surface area contributed by atoms with Gasteiger partial charge in [0.2, 0.25) is 17.7 Å². The fourth-order valence-corrected chi connectivity index (χ4v) is 1.86. The van der Waals surface area contributed by atoms with Gasteiger partial charge in [0.1, 0.15) is 6.54 Å². The number of likely N-dealkylation sites (tertiary alicyclic amines) is 1. The molecule has 0 radical (unpaired) electrons. The van der Waals surface area contributed by atoms with E-state index in [9.17, 15) is 14.4 Å². The van der Waals surface area contributed by atoms with E-state index >= 15 is 0 Å². The summed E-state index contributed by atoms with van der Waals surface area (Å²) >= 11 is 0. The van der Waals surface area contributed by atoms with Crippen LogP contribution in [0.5, 0.6) is 0 Å². The van der Waals surface area contributed by atoms with Crippen molar-refractivity contribution in [3.05, 3.63) is 0 Å². The van der Waals surface area contributed by atoms with Crippen molar-refractivity contribution >= 4 is 27.0 Å². The maximum absolute atomic E-state index is 11.5. The lowest BCUT2D eigenvalue weighted by molar-refractivity contribution is -0.142. The summed E-state index contributed by atoms with van der Waals surface area (Å²) in [6.45, 7) is 2.47. The van der Waals surface area contributed by atoms with Crippen LogP contribution >= 0.6 is 9.24 Å². The Kier molecular flexibility index (Phi) is 4.87. The first-order valence-corrected chi connectivity index (χ1v) is 6.09. The largest absolute Gasteiger partial charge is 0.355 e. The minimum atomic E-state index is -0.365. The van der Waals surface area contributed by atoms with E-state index in [2.05, 4.69) is 14.6 Å². The monoisotopic (exact) mass is 244 g/mol. The number of rotatable bonds is 5. The van der Waals surface area contributed by atoms with E-state index in [1.54, 1.807) is 0 Å². The van der Waals surface area contributed by atoms with E-state index in [0.29, 0.717) is 6.54 Å². The number of carbonyl (C=O) groups is 3. The molecule has 0 aromatic carbocycles. The summed E-state index contributed by atoms with van der Waals surface area (Å²) in [6.07, 6.45) is 2.08. The summed E-state index contributed by atoms with van der Waals surface area (Å²) in [4.78, 5) is 35.3. The highest BCUT2D eigenvalue weighted by Crippen LogP contribution is 2.19. The number of nitrogens with one attached hydrogen (secondary N) is 1. The van der Waals surface area contributed by atoms with Gasteiger partial charge in [0.15, 0.2) is 0 Å². The van der Waals surface area contributed by atoms with Crippen LogP contribution in [0.3, 0.4) is 0 Å². The molecule has 90 valence electrons. The van der Waals surface area contributed by atoms with Crippen LogP contribution in [0.2, 0.25) is 0 Å². The van der Waals surface area contributed by atoms with E-state index in [1.165, 1.54) is 0 Å². The molecule has 1 heterocycles. The summed E-state index contributed by atoms with van der Waals surface area (Å²) in [7, 11) is 2.32. The molecule has 3 amide bonds. The van der Waals surface area contributed by atoms with Crippen molar-refractivity contribution < 1.29 is 14.4 Å². The highest BCUT2D eigenvalue weighted by atomic mass is 31.0. The van der Waals surface area contributed by atoms with E-state index in [1.807, 2.05) is 6.92 Å². The average molecular weight is 244 g/mol. The molecule has 1 rings (SSSR count). The Labute approximate surface area is 97.1 Å². The lowest BCUT2D eigenvalue weighted by Crippen LogP contribution is -2.41. The smallest absolute Gasteiger partial charge is 0.240 e. The number of hydrogen-bond donors (Lipinski definition) is 1. The Morgan fingerprint density at radius 2 is 2.25 bits per heavy atom. The third kappa shape index (κ3) is 3.27. The Balaban J connectivity index is 2.39. The molecule has 0 aromatic rings. The maximum Gasteiger partial charge on any atom is 0.240 e. The van der Waals surface area contributed by atoms with Crippen molar-refractivity contribution in [2.45, 2.75) is 31.8 Å². The van der Waals surface area contributed by atoms with Gasteiger partial charge in [-0.05, 0) is 6.42 Å². The highest BCUT2D eigenvalue weighted by Gasteiger charge is 2.36. The van der Waals surface area contributed by atoms with Crippen LogP contribution in [0.15, 0.2) is 0 Å². The van der Waals surface area contributed by atoms with Crippen LogP contribution in [0.4, 0.5) is 0 Å². The van der Waals surface area contributed by atoms with Crippen molar-refractivity contribution in [2.75, 3.05) is 13.1 Å². The summed E-state index contributed by atoms with van der Waals surface area (Å²) in [5.74, 6) is -0.814. The molecule has 0 aromatic heterocycles. The van der Waals surface area contributed by atoms with Gasteiger partial charge in [-0.3, -0.25) is 19.3 Å². The van der Waals surface area contributed by atoms with E-state index in [4.69, 9.17) is 0 Å². The third-order valence-corrected chi connectivity index (χ3v) is 2.95. The fraction of sp³-hybridized carbons (Fsp3) is 0.700. The maximum atomic E-state index is 11.5. The molecule has 2 unspecified atom stereocenters. The molecule has 6 heteroatoms. The second-order valence-corrected chi connectivity index (χ2v) is 4.64. The van der Waals surface area contributed by atoms with Crippen LogP contribution in [-0.4, -0.2) is 41.4 Å². The molecular formula is C10H17N2O3P. The standard InChI is InChI=1S/C10H17N2O3P/c1-2-3-4-11-8(13)6-12-9(14)5-7(16)10(12)15/h7H,2-6,16H2,1H3,(H,11,13). The van der Waals surface area contributed by atoms with Crippen molar-refractivity contribution in [1.29, 1.82) is 0 Å². The first-order chi connectivity index (χ1) is 7.56. The van der Waals surface area contributed by atoms with Gasteiger partial charge in [-0.15, -0.1) is 9.24 Å². The Morgan fingerprint density at radius 3 is 2.75 bits per heavy atom. The minimum Gasteiger partial charge on any atom is -0.355 e. The minimum absolute atomic E-state index is 0.147. The highest BCUT2D eigenvalue weighted by molar-refractivity contribution is 7.19. The zero-order valence-corrected chi connectivity index (χ0v) is 10.5. The van der Waals surface area contributed by atoms with Gasteiger partial charge in [0, 0.05) is 13.0 Å². The molecule has 0 spiro atoms. The van der Waals surface area contributed by atoms with Crippen LogP contribution < -0.4 is 5.32 Å². The molecule has 1 N–H and O–H groups in total. The first-order valence-electron chi connectivity index (χ1n) is 5.42. The predicted molar refractivity (Wildman–Crippen MR) is 62.8 cm³/mol. The second kappa shape index (κ2) is 5.94. The summed E-state index contributed by atoms with van der Waals surface area (Å²) in [5.41, 5.74) is -0.365. The normalized spacial score (nSPS) is 20.4. The average Bonchev–Trinajstić information content (AvgIpc) is 2.46. The fourth-order valence-electron chi connectivity index (χ4n) is 1.48. The molecule has 1 aliphatic heterocycles. The van der Waals surface area contributed by atoms with Crippen LogP contribution in [-0.2, 0) is 14.4 Å². The molecule has 16 heavy (non-hydrogen) atoms. The molecular weight excluding hydrogens is 227 g/mol. The van der Waals surface area contributed by atoms with Crippen molar-refractivity contribution in [1.82, 2.24) is 10.2 Å². The molecule has 1 saturated heterocycles. The topological polar surface area (TPSA) is 66.5 Å². The van der Waals surface area contributed by atoms with Crippen LogP contribution in [0.25, 0.3) is 0 Å². The number of hydrogen-bond acceptors (Lipinski definition) is 3. The zero-order valence-electron chi connectivity index (χ0n) is 9.36. The Morgan fingerprint density at radius 1 is 1.56 bits per heavy atom. The number of carbonyl (C=O) groups excluding carboxylic acids is 3. The lowest BCUT2D eigenvalue weighted by Gasteiger charge is -2.13. The summed E-state index contributed by atoms with van der Waals surface area (Å²) in [5, 5.41) is 2.67. The first kappa shape index (κ1) is 13.1. The van der Waals surface area contributed by atoms with Gasteiger partial charge in [-0.2, -0.15) is 0 Å². The van der Waals surface area contributed by atoms with Crippen LogP contribution in [0, 0.1) is 0 Å². The zero-order chi connectivity index (χ0) is 12.1. The van der Waals surface area contributed by atoms with E-state index in [-0.39, 0.29) is 36.3 Å². The van der Waals surface area contributed by atoms with Gasteiger partial charge in [-0.1, -0.05) is 13.3 Å².